The van der Waals surface area contributed by atoms with Gasteiger partial charge in [0.05, 0.1) is 45.2 Å². The fraction of sp³-hybridized carbons (Fsp3) is 0.138. The molecule has 12 heteroatoms. The van der Waals surface area contributed by atoms with Crippen LogP contribution in [-0.4, -0.2) is 25.6 Å². The number of anilines is 1. The number of halogens is 3. The number of aromatic nitrogens is 3. The first kappa shape index (κ1) is 27.3. The molecule has 41 heavy (non-hydrogen) atoms. The number of nitrogens with zero attached hydrogens (tertiary/aromatic N) is 4. The van der Waals surface area contributed by atoms with Gasteiger partial charge >= 0.3 is 6.18 Å². The normalized spacial score (nSPS) is 11.4. The van der Waals surface area contributed by atoms with Gasteiger partial charge in [-0.1, -0.05) is 24.3 Å². The lowest BCUT2D eigenvalue weighted by Crippen LogP contribution is -2.13. The minimum atomic E-state index is -4.60. The number of hydrogen-bond donors (Lipinski definition) is 1. The van der Waals surface area contributed by atoms with Crippen LogP contribution in [0.1, 0.15) is 28.5 Å². The molecule has 0 aliphatic heterocycles. The van der Waals surface area contributed by atoms with E-state index in [1.165, 1.54) is 12.1 Å². The van der Waals surface area contributed by atoms with E-state index >= 15 is 0 Å². The summed E-state index contributed by atoms with van der Waals surface area (Å²) in [4.78, 5) is 29.2. The number of benzene rings is 3. The number of carbonyl (C=O) groups is 1. The first-order chi connectivity index (χ1) is 19.5. The number of alkyl halides is 3. The van der Waals surface area contributed by atoms with Crippen LogP contribution < -0.4 is 10.1 Å². The highest BCUT2D eigenvalue weighted by Gasteiger charge is 2.30. The summed E-state index contributed by atoms with van der Waals surface area (Å²) < 4.78 is 46.7. The van der Waals surface area contributed by atoms with Crippen molar-refractivity contribution in [3.8, 4) is 22.8 Å². The molecule has 2 heterocycles. The summed E-state index contributed by atoms with van der Waals surface area (Å²) in [5.74, 6) is -0.877. The minimum absolute atomic E-state index is 0.0172. The second kappa shape index (κ2) is 10.7. The summed E-state index contributed by atoms with van der Waals surface area (Å²) in [6, 6.07) is 16.3. The van der Waals surface area contributed by atoms with Crippen LogP contribution in [0.25, 0.3) is 22.2 Å². The Kier molecular flexibility index (Phi) is 7.14. The lowest BCUT2D eigenvalue weighted by atomic mass is 10.0. The van der Waals surface area contributed by atoms with Gasteiger partial charge in [0.15, 0.2) is 0 Å². The maximum Gasteiger partial charge on any atom is 0.416 e. The average molecular weight is 562 g/mol. The number of aryl methyl sites for hydroxylation is 1. The molecule has 0 aliphatic carbocycles. The molecule has 0 unspecified atom stereocenters. The van der Waals surface area contributed by atoms with Crippen molar-refractivity contribution in [1.82, 2.24) is 14.8 Å². The van der Waals surface area contributed by atoms with Gasteiger partial charge in [-0.05, 0) is 44.2 Å². The topological polar surface area (TPSA) is 112 Å². The van der Waals surface area contributed by atoms with Crippen molar-refractivity contribution in [1.29, 1.82) is 0 Å². The number of para-hydroxylation sites is 1. The molecule has 5 rings (SSSR count). The van der Waals surface area contributed by atoms with Gasteiger partial charge in [-0.25, -0.2) is 4.98 Å². The number of ether oxygens (including phenoxy) is 1. The number of nitrogens with one attached hydrogen (secondary N) is 1. The average Bonchev–Trinajstić information content (AvgIpc) is 3.32. The molecule has 0 radical (unpaired) electrons. The zero-order chi connectivity index (χ0) is 29.3. The molecular weight excluding hydrogens is 539 g/mol. The van der Waals surface area contributed by atoms with Crippen LogP contribution in [0.4, 0.5) is 24.5 Å². The number of rotatable bonds is 7. The molecule has 1 amide bonds. The van der Waals surface area contributed by atoms with E-state index in [0.717, 1.165) is 41.6 Å². The zero-order valence-electron chi connectivity index (χ0n) is 21.8. The van der Waals surface area contributed by atoms with E-state index in [9.17, 15) is 28.1 Å². The predicted octanol–water partition coefficient (Wildman–Crippen LogP) is 7.40. The molecule has 0 fully saturated rings. The van der Waals surface area contributed by atoms with Crippen molar-refractivity contribution in [2.24, 2.45) is 0 Å². The Bertz CT molecular complexity index is 1800. The van der Waals surface area contributed by atoms with Crippen LogP contribution in [0.3, 0.4) is 0 Å². The molecule has 3 aromatic carbocycles. The number of fused-ring (bicyclic) bond motifs is 1. The van der Waals surface area contributed by atoms with Gasteiger partial charge in [-0.3, -0.25) is 19.6 Å². The third-order valence-corrected chi connectivity index (χ3v) is 6.40. The fourth-order valence-corrected chi connectivity index (χ4v) is 4.41. The van der Waals surface area contributed by atoms with E-state index in [1.54, 1.807) is 41.2 Å². The number of hydrogen-bond acceptors (Lipinski definition) is 6. The van der Waals surface area contributed by atoms with Crippen molar-refractivity contribution in [2.45, 2.75) is 26.6 Å². The molecule has 0 saturated carbocycles. The largest absolute Gasteiger partial charge is 0.457 e. The molecule has 0 saturated heterocycles. The van der Waals surface area contributed by atoms with Crippen molar-refractivity contribution in [3.63, 3.8) is 0 Å². The van der Waals surface area contributed by atoms with Gasteiger partial charge in [0.2, 0.25) is 0 Å². The van der Waals surface area contributed by atoms with Crippen LogP contribution in [0.5, 0.6) is 11.5 Å². The monoisotopic (exact) mass is 561 g/mol. The Morgan fingerprint density at radius 3 is 2.54 bits per heavy atom. The molecule has 0 spiro atoms. The molecule has 0 bridgehead atoms. The first-order valence-electron chi connectivity index (χ1n) is 12.4. The third kappa shape index (κ3) is 5.71. The van der Waals surface area contributed by atoms with E-state index in [-0.39, 0.29) is 22.7 Å². The van der Waals surface area contributed by atoms with E-state index < -0.39 is 28.3 Å². The molecular formula is C29H22F3N5O4. The fourth-order valence-electron chi connectivity index (χ4n) is 4.41. The summed E-state index contributed by atoms with van der Waals surface area (Å²) in [6.45, 7) is 4.52. The standard InChI is InChI=1S/C29H22F3N5O4/c1-3-36-17(2)25(16-33-36)27-15-24(23-9-4-5-10-26(23)35-27)28(38)34-19-12-20(37(39)40)14-22(13-19)41-21-8-6-7-18(11-21)29(30,31)32/h4-16H,3H2,1-2H3,(H,34,38). The van der Waals surface area contributed by atoms with E-state index in [0.29, 0.717) is 23.1 Å². The third-order valence-electron chi connectivity index (χ3n) is 6.40. The Morgan fingerprint density at radius 2 is 1.83 bits per heavy atom. The van der Waals surface area contributed by atoms with Crippen molar-refractivity contribution in [3.05, 3.63) is 106 Å². The number of nitro groups is 1. The Morgan fingerprint density at radius 1 is 1.05 bits per heavy atom. The lowest BCUT2D eigenvalue weighted by Gasteiger charge is -2.13. The maximum absolute atomic E-state index is 13.6. The highest BCUT2D eigenvalue weighted by Crippen LogP contribution is 2.35. The van der Waals surface area contributed by atoms with Gasteiger partial charge in [-0.2, -0.15) is 18.3 Å². The second-order valence-corrected chi connectivity index (χ2v) is 9.09. The molecule has 0 atom stereocenters. The zero-order valence-corrected chi connectivity index (χ0v) is 21.8. The minimum Gasteiger partial charge on any atom is -0.457 e. The summed E-state index contributed by atoms with van der Waals surface area (Å²) >= 11 is 0. The summed E-state index contributed by atoms with van der Waals surface area (Å²) in [7, 11) is 0. The SMILES string of the molecule is CCn1ncc(-c2cc(C(=O)Nc3cc(Oc4cccc(C(F)(F)F)c4)cc([N+](=O)[O-])c3)c3ccccc3n2)c1C. The predicted molar refractivity (Wildman–Crippen MR) is 146 cm³/mol. The van der Waals surface area contributed by atoms with E-state index in [4.69, 9.17) is 9.72 Å². The molecule has 2 aromatic heterocycles. The van der Waals surface area contributed by atoms with E-state index in [1.807, 2.05) is 13.8 Å². The summed E-state index contributed by atoms with van der Waals surface area (Å²) in [6.07, 6.45) is -2.92. The van der Waals surface area contributed by atoms with Gasteiger partial charge in [0, 0.05) is 35.3 Å². The number of nitro benzene ring substituents is 1. The molecule has 9 nitrogen and oxygen atoms in total. The van der Waals surface area contributed by atoms with Crippen LogP contribution in [-0.2, 0) is 12.7 Å². The number of pyridine rings is 1. The lowest BCUT2D eigenvalue weighted by molar-refractivity contribution is -0.384. The van der Waals surface area contributed by atoms with Crippen LogP contribution in [0, 0.1) is 17.0 Å². The van der Waals surface area contributed by atoms with Gasteiger partial charge in [-0.15, -0.1) is 0 Å². The van der Waals surface area contributed by atoms with Gasteiger partial charge in [0.1, 0.15) is 11.5 Å². The molecule has 0 aliphatic rings. The molecule has 5 aromatic rings. The first-order valence-corrected chi connectivity index (χ1v) is 12.4. The summed E-state index contributed by atoms with van der Waals surface area (Å²) in [5.41, 5.74) is 1.63. The number of carbonyl (C=O) groups excluding carboxylic acids is 1. The van der Waals surface area contributed by atoms with Crippen molar-refractivity contribution < 1.29 is 27.6 Å². The van der Waals surface area contributed by atoms with Gasteiger partial charge < -0.3 is 10.1 Å². The Labute approximate surface area is 231 Å². The Hall–Kier alpha value is -5.26. The van der Waals surface area contributed by atoms with Crippen LogP contribution in [0.15, 0.2) is 79.0 Å². The Balaban J connectivity index is 1.52. The van der Waals surface area contributed by atoms with Crippen molar-refractivity contribution >= 4 is 28.2 Å². The van der Waals surface area contributed by atoms with Crippen molar-refractivity contribution in [2.75, 3.05) is 5.32 Å². The highest BCUT2D eigenvalue weighted by atomic mass is 19.4. The quantitative estimate of drug-likeness (QED) is 0.164. The summed E-state index contributed by atoms with van der Waals surface area (Å²) in [5, 5.41) is 19.2. The second-order valence-electron chi connectivity index (χ2n) is 9.09. The smallest absolute Gasteiger partial charge is 0.416 e. The maximum atomic E-state index is 13.6. The molecule has 208 valence electrons. The number of amides is 1. The van der Waals surface area contributed by atoms with Crippen LogP contribution in [0.2, 0.25) is 0 Å². The van der Waals surface area contributed by atoms with E-state index in [2.05, 4.69) is 10.4 Å². The van der Waals surface area contributed by atoms with Gasteiger partial charge in [0.25, 0.3) is 11.6 Å². The van der Waals surface area contributed by atoms with Crippen LogP contribution >= 0.6 is 0 Å². The highest BCUT2D eigenvalue weighted by molar-refractivity contribution is 6.13. The number of non-ortho nitro benzene ring substituents is 1. The molecule has 1 N–H and O–H groups in total.